The maximum atomic E-state index is 13.8. The number of rotatable bonds is 4. The van der Waals surface area contributed by atoms with Gasteiger partial charge in [-0.1, -0.05) is 11.2 Å². The van der Waals surface area contributed by atoms with E-state index in [0.717, 1.165) is 5.56 Å². The molecule has 7 heteroatoms. The van der Waals surface area contributed by atoms with Gasteiger partial charge < -0.3 is 14.4 Å². The lowest BCUT2D eigenvalue weighted by Gasteiger charge is -2.21. The van der Waals surface area contributed by atoms with Crippen LogP contribution in [0.15, 0.2) is 22.7 Å². The number of hydrogen-bond donors (Lipinski definition) is 1. The van der Waals surface area contributed by atoms with Crippen molar-refractivity contribution < 1.29 is 18.8 Å². The second kappa shape index (κ2) is 6.02. The Morgan fingerprint density at radius 2 is 2.32 bits per heavy atom. The van der Waals surface area contributed by atoms with Gasteiger partial charge in [0.15, 0.2) is 17.4 Å². The molecule has 0 aliphatic carbocycles. The molecule has 1 N–H and O–H groups in total. The summed E-state index contributed by atoms with van der Waals surface area (Å²) in [7, 11) is 1.43. The Labute approximate surface area is 127 Å². The highest BCUT2D eigenvalue weighted by Crippen LogP contribution is 2.33. The molecule has 1 aliphatic heterocycles. The van der Waals surface area contributed by atoms with Crippen molar-refractivity contribution in [2.45, 2.75) is 32.0 Å². The number of ether oxygens (including phenoxy) is 1. The minimum Gasteiger partial charge on any atom is -0.494 e. The molecule has 0 bridgehead atoms. The molecule has 1 saturated heterocycles. The van der Waals surface area contributed by atoms with Gasteiger partial charge in [0.2, 0.25) is 5.89 Å². The van der Waals surface area contributed by atoms with E-state index in [1.54, 1.807) is 13.0 Å². The quantitative estimate of drug-likeness (QED) is 0.929. The first-order valence-corrected chi connectivity index (χ1v) is 7.11. The van der Waals surface area contributed by atoms with Gasteiger partial charge in [0, 0.05) is 13.1 Å². The average molecular weight is 307 g/mol. The molecule has 0 unspecified atom stereocenters. The third-order valence-corrected chi connectivity index (χ3v) is 3.81. The highest BCUT2D eigenvalue weighted by Gasteiger charge is 2.35. The van der Waals surface area contributed by atoms with Crippen molar-refractivity contribution in [2.24, 2.45) is 0 Å². The number of aromatic nitrogens is 2. The molecule has 2 atom stereocenters. The molecule has 0 radical (unpaired) electrons. The van der Waals surface area contributed by atoms with Crippen LogP contribution >= 0.6 is 0 Å². The van der Waals surface area contributed by atoms with E-state index in [4.69, 9.17) is 9.26 Å². The Balaban J connectivity index is 1.79. The van der Waals surface area contributed by atoms with Crippen LogP contribution in [0.25, 0.3) is 0 Å². The van der Waals surface area contributed by atoms with Crippen LogP contribution in [0.1, 0.15) is 29.7 Å². The fraction of sp³-hybridized carbons (Fsp3) is 0.467. The average Bonchev–Trinajstić information content (AvgIpc) is 3.05. The van der Waals surface area contributed by atoms with E-state index < -0.39 is 11.9 Å². The molecular weight excluding hydrogens is 289 g/mol. The zero-order valence-corrected chi connectivity index (χ0v) is 12.5. The van der Waals surface area contributed by atoms with Crippen molar-refractivity contribution >= 4 is 0 Å². The van der Waals surface area contributed by atoms with Crippen molar-refractivity contribution in [3.05, 3.63) is 41.3 Å². The number of likely N-dealkylation sites (tertiary alicyclic amines) is 1. The van der Waals surface area contributed by atoms with Crippen LogP contribution in [0, 0.1) is 12.7 Å². The summed E-state index contributed by atoms with van der Waals surface area (Å²) < 4.78 is 23.9. The highest BCUT2D eigenvalue weighted by molar-refractivity contribution is 5.29. The highest BCUT2D eigenvalue weighted by atomic mass is 19.1. The molecular formula is C15H18FN3O3. The summed E-state index contributed by atoms with van der Waals surface area (Å²) in [5, 5.41) is 13.7. The summed E-state index contributed by atoms with van der Waals surface area (Å²) in [5.74, 6) is 0.870. The van der Waals surface area contributed by atoms with Crippen molar-refractivity contribution in [1.29, 1.82) is 0 Å². The summed E-state index contributed by atoms with van der Waals surface area (Å²) in [6, 6.07) is 4.70. The van der Waals surface area contributed by atoms with Gasteiger partial charge in [-0.05, 0) is 31.0 Å². The summed E-state index contributed by atoms with van der Waals surface area (Å²) in [4.78, 5) is 6.25. The predicted octanol–water partition coefficient (Wildman–Crippen LogP) is 1.83. The van der Waals surface area contributed by atoms with Gasteiger partial charge in [0.1, 0.15) is 0 Å². The molecule has 0 amide bonds. The standard InChI is InChI=1S/C15H18FN3O3/c1-9-17-15(22-18-9)13-6-11(20)8-19(13)7-10-3-4-14(21-2)12(16)5-10/h3-5,11,13,20H,6-8H2,1-2H3/t11-,13+/m0/s1. The minimum atomic E-state index is -0.458. The number of aryl methyl sites for hydroxylation is 1. The Hall–Kier alpha value is -1.99. The number of halogens is 1. The summed E-state index contributed by atoms with van der Waals surface area (Å²) in [6.45, 7) is 2.73. The number of benzene rings is 1. The first kappa shape index (κ1) is 14.9. The van der Waals surface area contributed by atoms with Gasteiger partial charge in [-0.15, -0.1) is 0 Å². The Bertz CT molecular complexity index is 661. The molecule has 0 spiro atoms. The van der Waals surface area contributed by atoms with E-state index in [0.29, 0.717) is 31.2 Å². The molecule has 0 saturated carbocycles. The maximum absolute atomic E-state index is 13.8. The number of aliphatic hydroxyl groups excluding tert-OH is 1. The number of nitrogens with zero attached hydrogens (tertiary/aromatic N) is 3. The lowest BCUT2D eigenvalue weighted by Crippen LogP contribution is -2.24. The SMILES string of the molecule is COc1ccc(CN2C[C@@H](O)C[C@@H]2c2nc(C)no2)cc1F. The van der Waals surface area contributed by atoms with Crippen LogP contribution in [0.4, 0.5) is 4.39 Å². The minimum absolute atomic E-state index is 0.152. The molecule has 2 heterocycles. The topological polar surface area (TPSA) is 71.6 Å². The van der Waals surface area contributed by atoms with Gasteiger partial charge in [-0.3, -0.25) is 4.90 Å². The lowest BCUT2D eigenvalue weighted by molar-refractivity contribution is 0.169. The molecule has 118 valence electrons. The molecule has 6 nitrogen and oxygen atoms in total. The smallest absolute Gasteiger partial charge is 0.244 e. The Kier molecular flexibility index (Phi) is 4.08. The molecule has 1 aliphatic rings. The monoisotopic (exact) mass is 307 g/mol. The van der Waals surface area contributed by atoms with Crippen molar-refractivity contribution in [3.63, 3.8) is 0 Å². The van der Waals surface area contributed by atoms with Gasteiger partial charge in [0.25, 0.3) is 0 Å². The number of β-amino-alcohol motifs (C(OH)–C–C–N with tert-alkyl or cyclic N) is 1. The summed E-state index contributed by atoms with van der Waals surface area (Å²) in [6.07, 6.45) is 0.0700. The number of aliphatic hydroxyl groups is 1. The van der Waals surface area contributed by atoms with E-state index >= 15 is 0 Å². The van der Waals surface area contributed by atoms with E-state index in [2.05, 4.69) is 10.1 Å². The van der Waals surface area contributed by atoms with Crippen LogP contribution in [-0.4, -0.2) is 39.9 Å². The van der Waals surface area contributed by atoms with Crippen LogP contribution in [0.5, 0.6) is 5.75 Å². The van der Waals surface area contributed by atoms with Crippen LogP contribution in [-0.2, 0) is 6.54 Å². The fourth-order valence-electron chi connectivity index (χ4n) is 2.80. The van der Waals surface area contributed by atoms with Crippen LogP contribution in [0.2, 0.25) is 0 Å². The van der Waals surface area contributed by atoms with Gasteiger partial charge in [-0.2, -0.15) is 4.98 Å². The van der Waals surface area contributed by atoms with Gasteiger partial charge in [-0.25, -0.2) is 4.39 Å². The second-order valence-electron chi connectivity index (χ2n) is 5.48. The first-order chi connectivity index (χ1) is 10.6. The molecule has 22 heavy (non-hydrogen) atoms. The maximum Gasteiger partial charge on any atom is 0.244 e. The summed E-state index contributed by atoms with van der Waals surface area (Å²) >= 11 is 0. The van der Waals surface area contributed by atoms with E-state index in [9.17, 15) is 9.50 Å². The zero-order valence-electron chi connectivity index (χ0n) is 12.5. The van der Waals surface area contributed by atoms with Crippen molar-refractivity contribution in [2.75, 3.05) is 13.7 Å². The second-order valence-corrected chi connectivity index (χ2v) is 5.48. The number of hydrogen-bond acceptors (Lipinski definition) is 6. The van der Waals surface area contributed by atoms with E-state index in [1.165, 1.54) is 13.2 Å². The lowest BCUT2D eigenvalue weighted by atomic mass is 10.1. The molecule has 2 aromatic rings. The van der Waals surface area contributed by atoms with Gasteiger partial charge >= 0.3 is 0 Å². The van der Waals surface area contributed by atoms with E-state index in [-0.39, 0.29) is 11.8 Å². The van der Waals surface area contributed by atoms with Gasteiger partial charge in [0.05, 0.1) is 19.3 Å². The molecule has 1 aromatic carbocycles. The van der Waals surface area contributed by atoms with Crippen molar-refractivity contribution in [3.8, 4) is 5.75 Å². The third kappa shape index (κ3) is 2.95. The molecule has 3 rings (SSSR count). The molecule has 1 aromatic heterocycles. The Morgan fingerprint density at radius 3 is 2.95 bits per heavy atom. The van der Waals surface area contributed by atoms with E-state index in [1.807, 2.05) is 11.0 Å². The normalized spacial score (nSPS) is 22.2. The Morgan fingerprint density at radius 1 is 1.50 bits per heavy atom. The van der Waals surface area contributed by atoms with Crippen LogP contribution in [0.3, 0.4) is 0 Å². The third-order valence-electron chi connectivity index (χ3n) is 3.81. The predicted molar refractivity (Wildman–Crippen MR) is 75.8 cm³/mol. The summed E-state index contributed by atoms with van der Waals surface area (Å²) in [5.41, 5.74) is 0.800. The first-order valence-electron chi connectivity index (χ1n) is 7.11. The van der Waals surface area contributed by atoms with Crippen molar-refractivity contribution in [1.82, 2.24) is 15.0 Å². The largest absolute Gasteiger partial charge is 0.494 e. The fourth-order valence-corrected chi connectivity index (χ4v) is 2.80. The zero-order chi connectivity index (χ0) is 15.7. The number of methoxy groups -OCH3 is 1. The van der Waals surface area contributed by atoms with Crippen LogP contribution < -0.4 is 4.74 Å². The molecule has 1 fully saturated rings.